The number of anilines is 2. The molecule has 0 aliphatic heterocycles. The van der Waals surface area contributed by atoms with E-state index >= 15 is 0 Å². The smallest absolute Gasteiger partial charge is 0.163 e. The molecule has 3 aromatic carbocycles. The van der Waals surface area contributed by atoms with Gasteiger partial charge in [0.1, 0.15) is 12.1 Å². The summed E-state index contributed by atoms with van der Waals surface area (Å²) < 4.78 is 13.8. The lowest BCUT2D eigenvalue weighted by Crippen LogP contribution is -2.01. The van der Waals surface area contributed by atoms with Crippen molar-refractivity contribution in [3.05, 3.63) is 84.8 Å². The highest BCUT2D eigenvalue weighted by atomic mass is 16.5. The molecule has 0 unspecified atom stereocenters. The van der Waals surface area contributed by atoms with Gasteiger partial charge in [0.2, 0.25) is 0 Å². The van der Waals surface area contributed by atoms with Gasteiger partial charge in [0.05, 0.1) is 18.7 Å². The summed E-state index contributed by atoms with van der Waals surface area (Å²) >= 11 is 0. The zero-order valence-corrected chi connectivity index (χ0v) is 18.8. The first-order chi connectivity index (χ1) is 16.2. The van der Waals surface area contributed by atoms with Crippen molar-refractivity contribution < 1.29 is 9.47 Å². The van der Waals surface area contributed by atoms with E-state index in [9.17, 15) is 0 Å². The van der Waals surface area contributed by atoms with Crippen LogP contribution >= 0.6 is 0 Å². The third-order valence-electron chi connectivity index (χ3n) is 5.53. The number of nitrogens with zero attached hydrogens (tertiary/aromatic N) is 3. The molecule has 6 heteroatoms. The molecule has 0 amide bonds. The molecule has 6 nitrogen and oxygen atoms in total. The predicted octanol–water partition coefficient (Wildman–Crippen LogP) is 6.17. The summed E-state index contributed by atoms with van der Waals surface area (Å²) in [6.45, 7) is 5.87. The second-order valence-electron chi connectivity index (χ2n) is 7.73. The highest BCUT2D eigenvalue weighted by Crippen LogP contribution is 2.35. The minimum absolute atomic E-state index is 0.554. The molecule has 0 radical (unpaired) electrons. The van der Waals surface area contributed by atoms with E-state index in [1.54, 1.807) is 6.33 Å². The Hall–Kier alpha value is -4.06. The Bertz CT molecular complexity index is 1400. The minimum Gasteiger partial charge on any atom is -0.490 e. The van der Waals surface area contributed by atoms with Gasteiger partial charge in [-0.15, -0.1) is 0 Å². The van der Waals surface area contributed by atoms with Crippen LogP contribution in [0, 0.1) is 0 Å². The third kappa shape index (κ3) is 4.32. The molecule has 0 bridgehead atoms. The Labute approximate surface area is 192 Å². The van der Waals surface area contributed by atoms with Crippen LogP contribution in [0.2, 0.25) is 0 Å². The fourth-order valence-electron chi connectivity index (χ4n) is 4.03. The topological polar surface area (TPSA) is 61.2 Å². The molecule has 5 aromatic rings. The standard InChI is InChI=1S/C27H26N4O2/c1-3-32-25-15-22-23(16-26(25)33-4-2)28-18-29-27(22)30-21-10-11-24-20(14-21)12-13-31(24)17-19-8-6-5-7-9-19/h5-16,18H,3-4,17H2,1-2H3,(H,28,29,30). The number of hydrogen-bond acceptors (Lipinski definition) is 5. The van der Waals surface area contributed by atoms with E-state index in [-0.39, 0.29) is 0 Å². The van der Waals surface area contributed by atoms with E-state index in [0.29, 0.717) is 24.7 Å². The highest BCUT2D eigenvalue weighted by molar-refractivity contribution is 5.94. The third-order valence-corrected chi connectivity index (χ3v) is 5.53. The van der Waals surface area contributed by atoms with Gasteiger partial charge in [0.15, 0.2) is 11.5 Å². The molecule has 2 heterocycles. The van der Waals surface area contributed by atoms with Gasteiger partial charge in [0, 0.05) is 40.8 Å². The first kappa shape index (κ1) is 20.8. The van der Waals surface area contributed by atoms with Crippen molar-refractivity contribution in [1.29, 1.82) is 0 Å². The SMILES string of the molecule is CCOc1cc2ncnc(Nc3ccc4c(ccn4Cc4ccccc4)c3)c2cc1OCC. The second-order valence-corrected chi connectivity index (χ2v) is 7.73. The molecule has 0 atom stereocenters. The van der Waals surface area contributed by atoms with E-state index < -0.39 is 0 Å². The molecule has 0 aliphatic rings. The number of hydrogen-bond donors (Lipinski definition) is 1. The van der Waals surface area contributed by atoms with Crippen molar-refractivity contribution in [3.63, 3.8) is 0 Å². The van der Waals surface area contributed by atoms with E-state index in [1.807, 2.05) is 32.0 Å². The summed E-state index contributed by atoms with van der Waals surface area (Å²) in [6.07, 6.45) is 3.70. The van der Waals surface area contributed by atoms with Gasteiger partial charge in [-0.3, -0.25) is 0 Å². The molecule has 0 saturated carbocycles. The molecule has 166 valence electrons. The Morgan fingerprint density at radius 1 is 0.848 bits per heavy atom. The number of ether oxygens (including phenoxy) is 2. The Balaban J connectivity index is 1.46. The van der Waals surface area contributed by atoms with Crippen molar-refractivity contribution in [1.82, 2.24) is 14.5 Å². The molecule has 5 rings (SSSR count). The molecule has 2 aromatic heterocycles. The van der Waals surface area contributed by atoms with E-state index in [4.69, 9.17) is 9.47 Å². The van der Waals surface area contributed by atoms with Crippen molar-refractivity contribution in [2.45, 2.75) is 20.4 Å². The average Bonchev–Trinajstić information content (AvgIpc) is 3.23. The summed E-state index contributed by atoms with van der Waals surface area (Å²) in [4.78, 5) is 8.93. The number of aromatic nitrogens is 3. The van der Waals surface area contributed by atoms with Crippen LogP contribution in [-0.2, 0) is 6.54 Å². The van der Waals surface area contributed by atoms with Gasteiger partial charge in [-0.05, 0) is 49.7 Å². The van der Waals surface area contributed by atoms with Gasteiger partial charge in [-0.2, -0.15) is 0 Å². The lowest BCUT2D eigenvalue weighted by Gasteiger charge is -2.14. The van der Waals surface area contributed by atoms with Crippen LogP contribution in [0.25, 0.3) is 21.8 Å². The van der Waals surface area contributed by atoms with Gasteiger partial charge in [-0.1, -0.05) is 30.3 Å². The molecule has 0 fully saturated rings. The lowest BCUT2D eigenvalue weighted by molar-refractivity contribution is 0.288. The fraction of sp³-hybridized carbons (Fsp3) is 0.185. The lowest BCUT2D eigenvalue weighted by atomic mass is 10.2. The zero-order valence-electron chi connectivity index (χ0n) is 18.8. The average molecular weight is 439 g/mol. The summed E-state index contributed by atoms with van der Waals surface area (Å²) in [5.74, 6) is 2.11. The quantitative estimate of drug-likeness (QED) is 0.314. The van der Waals surface area contributed by atoms with Crippen LogP contribution in [0.4, 0.5) is 11.5 Å². The van der Waals surface area contributed by atoms with Crippen molar-refractivity contribution >= 4 is 33.3 Å². The first-order valence-corrected chi connectivity index (χ1v) is 11.2. The maximum Gasteiger partial charge on any atom is 0.163 e. The van der Waals surface area contributed by atoms with Gasteiger partial charge >= 0.3 is 0 Å². The Kier molecular flexibility index (Phi) is 5.81. The predicted molar refractivity (Wildman–Crippen MR) is 133 cm³/mol. The Morgan fingerprint density at radius 3 is 2.42 bits per heavy atom. The first-order valence-electron chi connectivity index (χ1n) is 11.2. The number of fused-ring (bicyclic) bond motifs is 2. The van der Waals surface area contributed by atoms with Crippen LogP contribution in [0.15, 0.2) is 79.3 Å². The number of rotatable bonds is 8. The summed E-state index contributed by atoms with van der Waals surface area (Å²) in [7, 11) is 0. The van der Waals surface area contributed by atoms with Gasteiger partial charge < -0.3 is 19.4 Å². The maximum absolute atomic E-state index is 5.80. The maximum atomic E-state index is 5.80. The second kappa shape index (κ2) is 9.20. The normalized spacial score (nSPS) is 11.1. The number of benzene rings is 3. The zero-order chi connectivity index (χ0) is 22.6. The molecule has 0 spiro atoms. The fourth-order valence-corrected chi connectivity index (χ4v) is 4.03. The van der Waals surface area contributed by atoms with Crippen molar-refractivity contribution in [2.75, 3.05) is 18.5 Å². The highest BCUT2D eigenvalue weighted by Gasteiger charge is 2.12. The molecular formula is C27H26N4O2. The van der Waals surface area contributed by atoms with Crippen LogP contribution in [0.3, 0.4) is 0 Å². The summed E-state index contributed by atoms with van der Waals surface area (Å²) in [5.41, 5.74) is 4.24. The van der Waals surface area contributed by atoms with Crippen LogP contribution in [0.5, 0.6) is 11.5 Å². The van der Waals surface area contributed by atoms with Crippen LogP contribution < -0.4 is 14.8 Å². The van der Waals surface area contributed by atoms with Crippen LogP contribution in [0.1, 0.15) is 19.4 Å². The molecular weight excluding hydrogens is 412 g/mol. The molecule has 1 N–H and O–H groups in total. The Morgan fingerprint density at radius 2 is 1.64 bits per heavy atom. The largest absolute Gasteiger partial charge is 0.490 e. The van der Waals surface area contributed by atoms with E-state index in [1.165, 1.54) is 16.5 Å². The molecule has 0 aliphatic carbocycles. The van der Waals surface area contributed by atoms with Gasteiger partial charge in [-0.25, -0.2) is 9.97 Å². The molecule has 33 heavy (non-hydrogen) atoms. The van der Waals surface area contributed by atoms with Crippen molar-refractivity contribution in [3.8, 4) is 11.5 Å². The van der Waals surface area contributed by atoms with E-state index in [2.05, 4.69) is 74.6 Å². The van der Waals surface area contributed by atoms with Gasteiger partial charge in [0.25, 0.3) is 0 Å². The van der Waals surface area contributed by atoms with Crippen LogP contribution in [-0.4, -0.2) is 27.7 Å². The monoisotopic (exact) mass is 438 g/mol. The number of nitrogens with one attached hydrogen (secondary N) is 1. The molecule has 0 saturated heterocycles. The van der Waals surface area contributed by atoms with E-state index in [0.717, 1.165) is 29.0 Å². The minimum atomic E-state index is 0.554. The summed E-state index contributed by atoms with van der Waals surface area (Å²) in [6, 6.07) is 22.8. The summed E-state index contributed by atoms with van der Waals surface area (Å²) in [5, 5.41) is 5.51. The van der Waals surface area contributed by atoms with Crippen molar-refractivity contribution in [2.24, 2.45) is 0 Å².